The van der Waals surface area contributed by atoms with Crippen LogP contribution in [0.2, 0.25) is 0 Å². The Hall–Kier alpha value is -1.42. The van der Waals surface area contributed by atoms with Gasteiger partial charge >= 0.3 is 0 Å². The summed E-state index contributed by atoms with van der Waals surface area (Å²) < 4.78 is 7.43. The molecule has 0 bridgehead atoms. The lowest BCUT2D eigenvalue weighted by molar-refractivity contribution is -0.671. The second-order valence-electron chi connectivity index (χ2n) is 3.97. The van der Waals surface area contributed by atoms with E-state index in [1.807, 2.05) is 23.9 Å². The summed E-state index contributed by atoms with van der Waals surface area (Å²) in [5, 5.41) is 4.11. The molecule has 4 heteroatoms. The maximum Gasteiger partial charge on any atom is 0.235 e. The van der Waals surface area contributed by atoms with Gasteiger partial charge in [0.25, 0.3) is 0 Å². The number of pyridine rings is 1. The van der Waals surface area contributed by atoms with Crippen LogP contribution in [0.4, 0.5) is 0 Å². The van der Waals surface area contributed by atoms with E-state index in [0.29, 0.717) is 5.92 Å². The van der Waals surface area contributed by atoms with Gasteiger partial charge in [0.15, 0.2) is 12.4 Å². The summed E-state index contributed by atoms with van der Waals surface area (Å²) in [6.07, 6.45) is 4.92. The Balaban J connectivity index is 1.94. The molecule has 0 saturated carbocycles. The van der Waals surface area contributed by atoms with Crippen molar-refractivity contribution in [2.75, 3.05) is 6.61 Å². The van der Waals surface area contributed by atoms with E-state index in [9.17, 15) is 0 Å². The predicted octanol–water partition coefficient (Wildman–Crippen LogP) is 0.608. The highest BCUT2D eigenvalue weighted by atomic mass is 16.8. The Morgan fingerprint density at radius 3 is 3.33 bits per heavy atom. The van der Waals surface area contributed by atoms with E-state index >= 15 is 0 Å². The highest BCUT2D eigenvalue weighted by molar-refractivity contribution is 6.02. The fourth-order valence-electron chi connectivity index (χ4n) is 2.12. The van der Waals surface area contributed by atoms with Gasteiger partial charge in [-0.2, -0.15) is 0 Å². The van der Waals surface area contributed by atoms with Gasteiger partial charge in [-0.15, -0.1) is 0 Å². The molecule has 0 amide bonds. The van der Waals surface area contributed by atoms with Gasteiger partial charge in [0.2, 0.25) is 6.29 Å². The molecule has 1 aromatic rings. The Kier molecular flexibility index (Phi) is 1.95. The topological polar surface area (TPSA) is 34.7 Å². The lowest BCUT2D eigenvalue weighted by atomic mass is 9.97. The van der Waals surface area contributed by atoms with Crippen molar-refractivity contribution >= 4 is 5.71 Å². The Labute approximate surface area is 88.1 Å². The molecule has 3 rings (SSSR count). The first-order valence-corrected chi connectivity index (χ1v) is 5.15. The number of hydrogen-bond acceptors (Lipinski definition) is 3. The Bertz CT molecular complexity index is 417. The number of ether oxygens (including phenoxy) is 1. The van der Waals surface area contributed by atoms with Crippen LogP contribution in [-0.2, 0) is 16.6 Å². The summed E-state index contributed by atoms with van der Waals surface area (Å²) in [5.74, 6) is 0.312. The van der Waals surface area contributed by atoms with Gasteiger partial charge in [0.1, 0.15) is 12.8 Å². The predicted molar refractivity (Wildman–Crippen MR) is 53.1 cm³/mol. The van der Waals surface area contributed by atoms with E-state index in [1.54, 1.807) is 0 Å². The quantitative estimate of drug-likeness (QED) is 0.629. The average Bonchev–Trinajstić information content (AvgIpc) is 2.77. The van der Waals surface area contributed by atoms with Crippen molar-refractivity contribution in [3.05, 3.63) is 30.1 Å². The maximum absolute atomic E-state index is 5.42. The second-order valence-corrected chi connectivity index (χ2v) is 3.97. The summed E-state index contributed by atoms with van der Waals surface area (Å²) >= 11 is 0. The number of aromatic nitrogens is 1. The molecule has 15 heavy (non-hydrogen) atoms. The van der Waals surface area contributed by atoms with Crippen molar-refractivity contribution in [3.8, 4) is 0 Å². The zero-order chi connectivity index (χ0) is 10.3. The monoisotopic (exact) mass is 205 g/mol. The fraction of sp³-hybridized carbons (Fsp3) is 0.455. The second kappa shape index (κ2) is 3.31. The third-order valence-electron chi connectivity index (χ3n) is 2.88. The van der Waals surface area contributed by atoms with Crippen molar-refractivity contribution in [1.82, 2.24) is 0 Å². The van der Waals surface area contributed by atoms with Crippen LogP contribution in [0.5, 0.6) is 0 Å². The van der Waals surface area contributed by atoms with Gasteiger partial charge in [-0.05, 0) is 12.5 Å². The highest BCUT2D eigenvalue weighted by Gasteiger charge is 2.40. The molecule has 78 valence electrons. The normalized spacial score (nSPS) is 28.5. The van der Waals surface area contributed by atoms with Gasteiger partial charge in [-0.25, -0.2) is 4.57 Å². The van der Waals surface area contributed by atoms with E-state index in [0.717, 1.165) is 24.3 Å². The minimum Gasteiger partial charge on any atom is -0.363 e. The fourth-order valence-corrected chi connectivity index (χ4v) is 2.12. The molecule has 0 aromatic carbocycles. The van der Waals surface area contributed by atoms with Crippen LogP contribution in [0.1, 0.15) is 12.0 Å². The van der Waals surface area contributed by atoms with E-state index in [1.165, 1.54) is 0 Å². The van der Waals surface area contributed by atoms with Crippen molar-refractivity contribution < 1.29 is 14.1 Å². The molecule has 0 N–H and O–H groups in total. The van der Waals surface area contributed by atoms with Gasteiger partial charge in [0, 0.05) is 6.07 Å². The summed E-state index contributed by atoms with van der Waals surface area (Å²) in [6.45, 7) is 0.771. The molecule has 1 fully saturated rings. The maximum atomic E-state index is 5.42. The Morgan fingerprint density at radius 1 is 1.53 bits per heavy atom. The number of aryl methyl sites for hydroxylation is 1. The van der Waals surface area contributed by atoms with Gasteiger partial charge in [-0.3, -0.25) is 0 Å². The van der Waals surface area contributed by atoms with Crippen molar-refractivity contribution in [3.63, 3.8) is 0 Å². The first kappa shape index (κ1) is 8.85. The van der Waals surface area contributed by atoms with Gasteiger partial charge in [-0.1, -0.05) is 5.16 Å². The third-order valence-corrected chi connectivity index (χ3v) is 2.88. The van der Waals surface area contributed by atoms with Crippen molar-refractivity contribution in [2.24, 2.45) is 18.1 Å². The molecule has 2 unspecified atom stereocenters. The molecule has 4 nitrogen and oxygen atoms in total. The molecule has 0 radical (unpaired) electrons. The largest absolute Gasteiger partial charge is 0.363 e. The van der Waals surface area contributed by atoms with E-state index < -0.39 is 0 Å². The molecule has 0 aliphatic carbocycles. The number of oxime groups is 1. The first-order valence-electron chi connectivity index (χ1n) is 5.15. The first-order chi connectivity index (χ1) is 7.34. The van der Waals surface area contributed by atoms with Crippen LogP contribution in [0.3, 0.4) is 0 Å². The lowest BCUT2D eigenvalue weighted by Crippen LogP contribution is -2.29. The summed E-state index contributed by atoms with van der Waals surface area (Å²) in [6, 6.07) is 4.07. The summed E-state index contributed by atoms with van der Waals surface area (Å²) in [7, 11) is 2.00. The molecular weight excluding hydrogens is 192 g/mol. The number of nitrogens with zero attached hydrogens (tertiary/aromatic N) is 2. The van der Waals surface area contributed by atoms with Crippen LogP contribution in [0.25, 0.3) is 0 Å². The van der Waals surface area contributed by atoms with Crippen LogP contribution in [-0.4, -0.2) is 18.6 Å². The van der Waals surface area contributed by atoms with Crippen molar-refractivity contribution in [1.29, 1.82) is 0 Å². The van der Waals surface area contributed by atoms with Crippen LogP contribution in [0.15, 0.2) is 29.7 Å². The molecular formula is C11H13N2O2+. The molecule has 2 atom stereocenters. The van der Waals surface area contributed by atoms with Crippen LogP contribution >= 0.6 is 0 Å². The van der Waals surface area contributed by atoms with Crippen molar-refractivity contribution in [2.45, 2.75) is 12.7 Å². The van der Waals surface area contributed by atoms with E-state index in [4.69, 9.17) is 9.57 Å². The number of hydrogen-bond donors (Lipinski definition) is 0. The zero-order valence-corrected chi connectivity index (χ0v) is 8.59. The van der Waals surface area contributed by atoms with Gasteiger partial charge in [0.05, 0.1) is 18.1 Å². The SMILES string of the molecule is C[n+]1cccc(C2=NOC3OCCC23)c1. The number of fused-ring (bicyclic) bond motifs is 1. The van der Waals surface area contributed by atoms with Crippen LogP contribution in [0, 0.1) is 5.92 Å². The minimum atomic E-state index is -0.148. The standard InChI is InChI=1S/C11H13N2O2/c1-13-5-2-3-8(7-13)10-9-4-6-14-11(9)15-12-10/h2-3,5,7,9,11H,4,6H2,1H3/q+1. The molecule has 1 saturated heterocycles. The third kappa shape index (κ3) is 1.41. The average molecular weight is 205 g/mol. The Morgan fingerprint density at radius 2 is 2.47 bits per heavy atom. The number of rotatable bonds is 1. The molecule has 2 aliphatic rings. The minimum absolute atomic E-state index is 0.148. The highest BCUT2D eigenvalue weighted by Crippen LogP contribution is 2.31. The zero-order valence-electron chi connectivity index (χ0n) is 8.59. The summed E-state index contributed by atoms with van der Waals surface area (Å²) in [5.41, 5.74) is 2.15. The molecule has 0 spiro atoms. The van der Waals surface area contributed by atoms with Crippen LogP contribution < -0.4 is 4.57 Å². The van der Waals surface area contributed by atoms with E-state index in [-0.39, 0.29) is 6.29 Å². The molecule has 1 aromatic heterocycles. The molecule has 3 heterocycles. The lowest BCUT2D eigenvalue weighted by Gasteiger charge is -2.06. The summed E-state index contributed by atoms with van der Waals surface area (Å²) in [4.78, 5) is 5.24. The molecule has 2 aliphatic heterocycles. The van der Waals surface area contributed by atoms with E-state index in [2.05, 4.69) is 17.4 Å². The smallest absolute Gasteiger partial charge is 0.235 e. The van der Waals surface area contributed by atoms with Gasteiger partial charge < -0.3 is 9.57 Å².